The predicted octanol–water partition coefficient (Wildman–Crippen LogP) is 4.24. The second-order valence-electron chi connectivity index (χ2n) is 16.8. The molecular formula is C48H52F2N6O10. The Morgan fingerprint density at radius 1 is 0.591 bits per heavy atom. The van der Waals surface area contributed by atoms with E-state index in [0.717, 1.165) is 11.1 Å². The number of anilines is 4. The van der Waals surface area contributed by atoms with E-state index in [4.69, 9.17) is 9.47 Å². The maximum absolute atomic E-state index is 14.8. The number of carbonyl (C=O) groups excluding carboxylic acids is 6. The van der Waals surface area contributed by atoms with Gasteiger partial charge in [-0.05, 0) is 60.4 Å². The topological polar surface area (TPSA) is 216 Å². The van der Waals surface area contributed by atoms with Crippen molar-refractivity contribution in [1.29, 1.82) is 0 Å². The number of hydrogen-bond donors (Lipinski definition) is 6. The van der Waals surface area contributed by atoms with Crippen molar-refractivity contribution in [3.63, 3.8) is 0 Å². The molecule has 4 aromatic rings. The number of carbonyl (C=O) groups is 6. The van der Waals surface area contributed by atoms with Crippen molar-refractivity contribution in [1.82, 2.24) is 10.6 Å². The second kappa shape index (κ2) is 20.9. The van der Waals surface area contributed by atoms with Crippen LogP contribution < -0.4 is 31.1 Å². The number of benzene rings is 4. The summed E-state index contributed by atoms with van der Waals surface area (Å²) in [5.41, 5.74) is 0.0313. The molecule has 0 aliphatic carbocycles. The highest BCUT2D eigenvalue weighted by Gasteiger charge is 2.43. The Balaban J connectivity index is 0.000000196. The van der Waals surface area contributed by atoms with Gasteiger partial charge < -0.3 is 40.1 Å². The molecule has 6 N–H and O–H groups in total. The summed E-state index contributed by atoms with van der Waals surface area (Å²) in [7, 11) is 0. The first kappa shape index (κ1) is 47.1. The molecule has 66 heavy (non-hydrogen) atoms. The molecule has 2 unspecified atom stereocenters. The van der Waals surface area contributed by atoms with Gasteiger partial charge >= 0.3 is 11.9 Å². The first-order valence-electron chi connectivity index (χ1n) is 21.8. The standard InChI is InChI=1S/2C24H26FN3O5/c2*25-18-14-17(26-19-7-9-21(29)27-22(19)30)6-8-20(18)28-12-10-24(32,11-13-28)23(31)33-15-16-4-2-1-3-5-16/h2*1-6,8,14,19,26,32H,7,9-13,15H2,(H,27,29,30). The fourth-order valence-corrected chi connectivity index (χ4v) is 8.13. The van der Waals surface area contributed by atoms with Gasteiger partial charge in [0.1, 0.15) is 36.9 Å². The second-order valence-corrected chi connectivity index (χ2v) is 16.8. The van der Waals surface area contributed by atoms with Crippen LogP contribution in [-0.2, 0) is 51.5 Å². The minimum atomic E-state index is -1.60. The molecule has 2 atom stereocenters. The largest absolute Gasteiger partial charge is 0.459 e. The van der Waals surface area contributed by atoms with Gasteiger partial charge in [-0.2, -0.15) is 0 Å². The third-order valence-corrected chi connectivity index (χ3v) is 12.1. The maximum Gasteiger partial charge on any atom is 0.338 e. The van der Waals surface area contributed by atoms with Crippen molar-refractivity contribution in [3.05, 3.63) is 120 Å². The molecule has 0 radical (unpaired) electrons. The normalized spacial score (nSPS) is 20.2. The predicted molar refractivity (Wildman–Crippen MR) is 238 cm³/mol. The first-order chi connectivity index (χ1) is 31.7. The van der Waals surface area contributed by atoms with Gasteiger partial charge in [-0.25, -0.2) is 18.4 Å². The fraction of sp³-hybridized carbons (Fsp3) is 0.375. The van der Waals surface area contributed by atoms with Crippen LogP contribution in [0, 0.1) is 11.6 Å². The average molecular weight is 911 g/mol. The number of nitrogens with one attached hydrogen (secondary N) is 4. The van der Waals surface area contributed by atoms with Gasteiger partial charge in [-0.3, -0.25) is 29.8 Å². The lowest BCUT2D eigenvalue weighted by Crippen LogP contribution is -2.50. The summed E-state index contributed by atoms with van der Waals surface area (Å²) in [5, 5.41) is 31.9. The number of ether oxygens (including phenoxy) is 2. The van der Waals surface area contributed by atoms with Crippen molar-refractivity contribution in [2.45, 2.75) is 87.9 Å². The summed E-state index contributed by atoms with van der Waals surface area (Å²) >= 11 is 0. The SMILES string of the molecule is O=C1CCC(Nc2ccc(N3CCC(O)(C(=O)OCc4ccccc4)CC3)c(F)c2)C(=O)N1.O=C1CCC(Nc2ccc(N3CCC(O)(C(=O)OCc4ccccc4)CC3)c(F)c2)C(=O)N1. The van der Waals surface area contributed by atoms with Crippen molar-refractivity contribution in [2.24, 2.45) is 0 Å². The lowest BCUT2D eigenvalue weighted by atomic mass is 9.91. The van der Waals surface area contributed by atoms with Crippen LogP contribution in [0.2, 0.25) is 0 Å². The van der Waals surface area contributed by atoms with Gasteiger partial charge in [-0.1, -0.05) is 60.7 Å². The molecule has 4 heterocycles. The number of piperidine rings is 4. The van der Waals surface area contributed by atoms with Crippen LogP contribution in [0.5, 0.6) is 0 Å². The molecule has 4 aliphatic heterocycles. The summed E-state index contributed by atoms with van der Waals surface area (Å²) in [5.74, 6) is -3.78. The third-order valence-electron chi connectivity index (χ3n) is 12.1. The van der Waals surface area contributed by atoms with Crippen molar-refractivity contribution < 1.29 is 57.2 Å². The van der Waals surface area contributed by atoms with Crippen LogP contribution in [0.1, 0.15) is 62.5 Å². The quantitative estimate of drug-likeness (QED) is 0.0867. The highest BCUT2D eigenvalue weighted by molar-refractivity contribution is 6.02. The van der Waals surface area contributed by atoms with Gasteiger partial charge in [0.25, 0.3) is 0 Å². The van der Waals surface area contributed by atoms with E-state index in [2.05, 4.69) is 21.3 Å². The molecule has 0 spiro atoms. The van der Waals surface area contributed by atoms with Gasteiger partial charge in [-0.15, -0.1) is 0 Å². The van der Waals surface area contributed by atoms with E-state index in [1.807, 2.05) is 60.7 Å². The van der Waals surface area contributed by atoms with E-state index in [9.17, 15) is 47.8 Å². The highest BCUT2D eigenvalue weighted by Crippen LogP contribution is 2.33. The summed E-state index contributed by atoms with van der Waals surface area (Å²) in [6, 6.07) is 26.4. The molecule has 4 aromatic carbocycles. The molecule has 4 aliphatic rings. The Hall–Kier alpha value is -6.92. The molecule has 18 heteroatoms. The number of halogens is 2. The number of esters is 2. The Kier molecular flexibility index (Phi) is 14.9. The summed E-state index contributed by atoms with van der Waals surface area (Å²) in [6.45, 7) is 1.31. The Bertz CT molecular complexity index is 2240. The van der Waals surface area contributed by atoms with E-state index in [1.165, 1.54) is 12.1 Å². The highest BCUT2D eigenvalue weighted by atomic mass is 19.1. The fourth-order valence-electron chi connectivity index (χ4n) is 8.13. The third kappa shape index (κ3) is 11.9. The Labute approximate surface area is 379 Å². The minimum Gasteiger partial charge on any atom is -0.459 e. The molecule has 16 nitrogen and oxygen atoms in total. The van der Waals surface area contributed by atoms with Gasteiger partial charge in [0.05, 0.1) is 11.4 Å². The molecular weight excluding hydrogens is 859 g/mol. The molecule has 0 aromatic heterocycles. The lowest BCUT2D eigenvalue weighted by Gasteiger charge is -2.37. The number of aliphatic hydroxyl groups is 2. The average Bonchev–Trinajstić information content (AvgIpc) is 3.31. The van der Waals surface area contributed by atoms with Crippen LogP contribution in [0.3, 0.4) is 0 Å². The van der Waals surface area contributed by atoms with Crippen LogP contribution in [-0.4, -0.2) is 95.2 Å². The van der Waals surface area contributed by atoms with E-state index < -0.39 is 58.7 Å². The van der Waals surface area contributed by atoms with E-state index in [-0.39, 0.29) is 89.7 Å². The number of hydrogen-bond acceptors (Lipinski definition) is 14. The maximum atomic E-state index is 14.8. The van der Waals surface area contributed by atoms with E-state index in [1.54, 1.807) is 34.1 Å². The Morgan fingerprint density at radius 2 is 0.955 bits per heavy atom. The zero-order valence-electron chi connectivity index (χ0n) is 36.1. The smallest absolute Gasteiger partial charge is 0.338 e. The first-order valence-corrected chi connectivity index (χ1v) is 21.8. The molecule has 0 bridgehead atoms. The number of imide groups is 2. The van der Waals surface area contributed by atoms with Crippen LogP contribution in [0.25, 0.3) is 0 Å². The zero-order valence-corrected chi connectivity index (χ0v) is 36.1. The molecule has 4 saturated heterocycles. The molecule has 348 valence electrons. The zero-order chi connectivity index (χ0) is 46.8. The summed E-state index contributed by atoms with van der Waals surface area (Å²) in [6.07, 6.45) is 1.64. The molecule has 8 rings (SSSR count). The van der Waals surface area contributed by atoms with Gasteiger partial charge in [0.2, 0.25) is 23.6 Å². The van der Waals surface area contributed by atoms with Crippen molar-refractivity contribution in [3.8, 4) is 0 Å². The number of nitrogens with zero attached hydrogens (tertiary/aromatic N) is 2. The molecule has 4 amide bonds. The van der Waals surface area contributed by atoms with Crippen molar-refractivity contribution >= 4 is 58.3 Å². The van der Waals surface area contributed by atoms with Crippen molar-refractivity contribution in [2.75, 3.05) is 46.6 Å². The lowest BCUT2D eigenvalue weighted by molar-refractivity contribution is -0.169. The summed E-state index contributed by atoms with van der Waals surface area (Å²) < 4.78 is 40.2. The monoisotopic (exact) mass is 910 g/mol. The number of rotatable bonds is 12. The summed E-state index contributed by atoms with van der Waals surface area (Å²) in [4.78, 5) is 74.8. The van der Waals surface area contributed by atoms with Gasteiger partial charge in [0, 0.05) is 76.1 Å². The molecule has 0 saturated carbocycles. The van der Waals surface area contributed by atoms with Gasteiger partial charge in [0.15, 0.2) is 11.2 Å². The van der Waals surface area contributed by atoms with E-state index >= 15 is 0 Å². The number of amides is 4. The van der Waals surface area contributed by atoms with Crippen LogP contribution >= 0.6 is 0 Å². The molecule has 4 fully saturated rings. The van der Waals surface area contributed by atoms with Crippen LogP contribution in [0.4, 0.5) is 31.5 Å². The van der Waals surface area contributed by atoms with Crippen LogP contribution in [0.15, 0.2) is 97.1 Å². The minimum absolute atomic E-state index is 0.0853. The van der Waals surface area contributed by atoms with E-state index in [0.29, 0.717) is 35.6 Å². The Morgan fingerprint density at radius 3 is 1.29 bits per heavy atom.